The van der Waals surface area contributed by atoms with E-state index in [1.54, 1.807) is 0 Å². The fourth-order valence-electron chi connectivity index (χ4n) is 3.48. The largest absolute Gasteiger partial charge is 0.312 e. The van der Waals surface area contributed by atoms with E-state index in [0.29, 0.717) is 17.6 Å². The topological polar surface area (TPSA) is 15.3 Å². The lowest BCUT2D eigenvalue weighted by Gasteiger charge is -2.48. The van der Waals surface area contributed by atoms with Crippen molar-refractivity contribution in [2.24, 2.45) is 11.8 Å². The standard InChI is InChI=1S/C18H38N2/c1-8-12-19-16-11-10-15(14(3)4)13-17(16)20(7)18(5,6)9-2/h14-17,19H,8-13H2,1-7H3. The first kappa shape index (κ1) is 18.0. The molecular weight excluding hydrogens is 244 g/mol. The first-order valence-electron chi connectivity index (χ1n) is 8.79. The second kappa shape index (κ2) is 7.79. The molecule has 0 aromatic carbocycles. The number of likely N-dealkylation sites (N-methyl/N-ethyl adjacent to an activating group) is 1. The smallest absolute Gasteiger partial charge is 0.0254 e. The van der Waals surface area contributed by atoms with E-state index < -0.39 is 0 Å². The molecule has 0 heterocycles. The highest BCUT2D eigenvalue weighted by Crippen LogP contribution is 2.35. The zero-order valence-electron chi connectivity index (χ0n) is 15.0. The summed E-state index contributed by atoms with van der Waals surface area (Å²) in [7, 11) is 2.34. The molecule has 0 aliphatic heterocycles. The highest BCUT2D eigenvalue weighted by atomic mass is 15.2. The summed E-state index contributed by atoms with van der Waals surface area (Å²) in [5.41, 5.74) is 0.301. The summed E-state index contributed by atoms with van der Waals surface area (Å²) < 4.78 is 0. The summed E-state index contributed by atoms with van der Waals surface area (Å²) in [6.07, 6.45) is 6.55. The molecule has 20 heavy (non-hydrogen) atoms. The molecule has 0 spiro atoms. The minimum absolute atomic E-state index is 0.301. The molecule has 3 unspecified atom stereocenters. The van der Waals surface area contributed by atoms with E-state index in [4.69, 9.17) is 0 Å². The van der Waals surface area contributed by atoms with Crippen molar-refractivity contribution in [3.8, 4) is 0 Å². The molecule has 1 saturated carbocycles. The predicted molar refractivity (Wildman–Crippen MR) is 90.2 cm³/mol. The van der Waals surface area contributed by atoms with Gasteiger partial charge in [0.05, 0.1) is 0 Å². The second-order valence-electron chi connectivity index (χ2n) is 7.72. The van der Waals surface area contributed by atoms with Crippen molar-refractivity contribution >= 4 is 0 Å². The van der Waals surface area contributed by atoms with Gasteiger partial charge in [-0.3, -0.25) is 4.90 Å². The van der Waals surface area contributed by atoms with Gasteiger partial charge in [-0.1, -0.05) is 27.7 Å². The summed E-state index contributed by atoms with van der Waals surface area (Å²) in [6.45, 7) is 15.3. The monoisotopic (exact) mass is 282 g/mol. The molecule has 2 heteroatoms. The van der Waals surface area contributed by atoms with Crippen LogP contribution in [0.15, 0.2) is 0 Å². The molecule has 1 rings (SSSR count). The normalized spacial score (nSPS) is 28.4. The maximum Gasteiger partial charge on any atom is 0.0254 e. The van der Waals surface area contributed by atoms with E-state index in [1.165, 1.54) is 32.1 Å². The van der Waals surface area contributed by atoms with Gasteiger partial charge in [0.15, 0.2) is 0 Å². The van der Waals surface area contributed by atoms with Gasteiger partial charge in [0, 0.05) is 17.6 Å². The summed E-state index contributed by atoms with van der Waals surface area (Å²) in [5.74, 6) is 1.72. The Hall–Kier alpha value is -0.0800. The summed E-state index contributed by atoms with van der Waals surface area (Å²) in [5, 5.41) is 3.82. The van der Waals surface area contributed by atoms with Crippen molar-refractivity contribution in [2.45, 2.75) is 91.3 Å². The molecule has 0 aromatic rings. The third kappa shape index (κ3) is 4.46. The van der Waals surface area contributed by atoms with Crippen LogP contribution in [0.1, 0.15) is 73.6 Å². The van der Waals surface area contributed by atoms with E-state index >= 15 is 0 Å². The molecule has 0 amide bonds. The van der Waals surface area contributed by atoms with E-state index in [-0.39, 0.29) is 0 Å². The number of hydrogen-bond acceptors (Lipinski definition) is 2. The van der Waals surface area contributed by atoms with Gasteiger partial charge < -0.3 is 5.32 Å². The van der Waals surface area contributed by atoms with Gasteiger partial charge in [-0.15, -0.1) is 0 Å². The summed E-state index contributed by atoms with van der Waals surface area (Å²) >= 11 is 0. The molecule has 1 aliphatic carbocycles. The SMILES string of the molecule is CCCNC1CCC(C(C)C)CC1N(C)C(C)(C)CC. The summed E-state index contributed by atoms with van der Waals surface area (Å²) in [6, 6.07) is 1.37. The Morgan fingerprint density at radius 2 is 1.85 bits per heavy atom. The van der Waals surface area contributed by atoms with Crippen LogP contribution in [0.5, 0.6) is 0 Å². The lowest BCUT2D eigenvalue weighted by atomic mass is 9.75. The molecule has 0 saturated heterocycles. The molecule has 0 bridgehead atoms. The minimum Gasteiger partial charge on any atom is -0.312 e. The van der Waals surface area contributed by atoms with Gasteiger partial charge in [0.2, 0.25) is 0 Å². The van der Waals surface area contributed by atoms with E-state index in [9.17, 15) is 0 Å². The van der Waals surface area contributed by atoms with Crippen LogP contribution in [-0.2, 0) is 0 Å². The van der Waals surface area contributed by atoms with Gasteiger partial charge in [0.1, 0.15) is 0 Å². The highest BCUT2D eigenvalue weighted by molar-refractivity contribution is 4.95. The lowest BCUT2D eigenvalue weighted by Crippen LogP contribution is -2.58. The van der Waals surface area contributed by atoms with Crippen molar-refractivity contribution in [1.29, 1.82) is 0 Å². The van der Waals surface area contributed by atoms with Crippen LogP contribution in [0.3, 0.4) is 0 Å². The number of hydrogen-bond donors (Lipinski definition) is 1. The Balaban J connectivity index is 2.80. The van der Waals surface area contributed by atoms with Crippen molar-refractivity contribution in [2.75, 3.05) is 13.6 Å². The molecule has 0 aromatic heterocycles. The maximum absolute atomic E-state index is 3.82. The van der Waals surface area contributed by atoms with Gasteiger partial charge >= 0.3 is 0 Å². The van der Waals surface area contributed by atoms with Crippen LogP contribution in [0, 0.1) is 11.8 Å². The fourth-order valence-corrected chi connectivity index (χ4v) is 3.48. The van der Waals surface area contributed by atoms with Crippen LogP contribution in [0.4, 0.5) is 0 Å². The zero-order valence-corrected chi connectivity index (χ0v) is 15.0. The second-order valence-corrected chi connectivity index (χ2v) is 7.72. The predicted octanol–water partition coefficient (Wildman–Crippen LogP) is 4.30. The number of nitrogens with one attached hydrogen (secondary N) is 1. The molecule has 3 atom stereocenters. The van der Waals surface area contributed by atoms with Gasteiger partial charge in [0.25, 0.3) is 0 Å². The lowest BCUT2D eigenvalue weighted by molar-refractivity contribution is 0.0311. The Kier molecular flexibility index (Phi) is 7.00. The quantitative estimate of drug-likeness (QED) is 0.749. The molecular formula is C18H38N2. The molecule has 2 nitrogen and oxygen atoms in total. The highest BCUT2D eigenvalue weighted by Gasteiger charge is 2.38. The van der Waals surface area contributed by atoms with Crippen molar-refractivity contribution in [3.63, 3.8) is 0 Å². The third-order valence-corrected chi connectivity index (χ3v) is 5.77. The molecule has 1 fully saturated rings. The molecule has 120 valence electrons. The Morgan fingerprint density at radius 1 is 1.20 bits per heavy atom. The maximum atomic E-state index is 3.82. The van der Waals surface area contributed by atoms with Gasteiger partial charge in [-0.25, -0.2) is 0 Å². The van der Waals surface area contributed by atoms with Crippen LogP contribution in [-0.4, -0.2) is 36.1 Å². The minimum atomic E-state index is 0.301. The Morgan fingerprint density at radius 3 is 2.35 bits per heavy atom. The van der Waals surface area contributed by atoms with E-state index in [1.807, 2.05) is 0 Å². The van der Waals surface area contributed by atoms with Crippen molar-refractivity contribution < 1.29 is 0 Å². The van der Waals surface area contributed by atoms with Gasteiger partial charge in [-0.05, 0) is 71.4 Å². The van der Waals surface area contributed by atoms with E-state index in [0.717, 1.165) is 18.4 Å². The first-order valence-corrected chi connectivity index (χ1v) is 8.79. The zero-order chi connectivity index (χ0) is 15.3. The van der Waals surface area contributed by atoms with E-state index in [2.05, 4.69) is 58.8 Å². The van der Waals surface area contributed by atoms with Crippen LogP contribution >= 0.6 is 0 Å². The van der Waals surface area contributed by atoms with Gasteiger partial charge in [-0.2, -0.15) is 0 Å². The molecule has 1 aliphatic rings. The Labute approximate surface area is 127 Å². The van der Waals surface area contributed by atoms with Crippen LogP contribution < -0.4 is 5.32 Å². The van der Waals surface area contributed by atoms with Crippen molar-refractivity contribution in [1.82, 2.24) is 10.2 Å². The number of nitrogens with zero attached hydrogens (tertiary/aromatic N) is 1. The fraction of sp³-hybridized carbons (Fsp3) is 1.00. The Bertz CT molecular complexity index is 273. The van der Waals surface area contributed by atoms with Crippen LogP contribution in [0.25, 0.3) is 0 Å². The average Bonchev–Trinajstić information content (AvgIpc) is 2.43. The number of rotatable bonds is 7. The first-order chi connectivity index (χ1) is 9.33. The molecule has 0 radical (unpaired) electrons. The molecule has 1 N–H and O–H groups in total. The summed E-state index contributed by atoms with van der Waals surface area (Å²) in [4.78, 5) is 2.66. The average molecular weight is 283 g/mol. The van der Waals surface area contributed by atoms with Crippen molar-refractivity contribution in [3.05, 3.63) is 0 Å². The third-order valence-electron chi connectivity index (χ3n) is 5.77. The van der Waals surface area contributed by atoms with Crippen LogP contribution in [0.2, 0.25) is 0 Å².